The molecule has 0 radical (unpaired) electrons. The first kappa shape index (κ1) is 14.1. The predicted octanol–water partition coefficient (Wildman–Crippen LogP) is 2.85. The van der Waals surface area contributed by atoms with Gasteiger partial charge in [-0.25, -0.2) is 0 Å². The summed E-state index contributed by atoms with van der Waals surface area (Å²) in [5, 5.41) is 20.1. The van der Waals surface area contributed by atoms with Crippen LogP contribution in [-0.4, -0.2) is 29.7 Å². The molecule has 0 bridgehead atoms. The first-order valence-electron chi connectivity index (χ1n) is 6.41. The number of hydrogen-bond acceptors (Lipinski definition) is 4. The summed E-state index contributed by atoms with van der Waals surface area (Å²) < 4.78 is 0. The van der Waals surface area contributed by atoms with Gasteiger partial charge in [0.05, 0.1) is 15.6 Å². The number of nitrogens with zero attached hydrogens (tertiary/aromatic N) is 2. The molecule has 19 heavy (non-hydrogen) atoms. The third-order valence-corrected chi connectivity index (χ3v) is 3.84. The Morgan fingerprint density at radius 3 is 2.95 bits per heavy atom. The molecule has 5 nitrogen and oxygen atoms in total. The first-order valence-corrected chi connectivity index (χ1v) is 6.79. The van der Waals surface area contributed by atoms with Crippen molar-refractivity contribution < 1.29 is 10.0 Å². The Morgan fingerprint density at radius 2 is 2.32 bits per heavy atom. The van der Waals surface area contributed by atoms with Gasteiger partial charge in [0.1, 0.15) is 0 Å². The van der Waals surface area contributed by atoms with Gasteiger partial charge in [-0.15, -0.1) is 0 Å². The van der Waals surface area contributed by atoms with E-state index in [9.17, 15) is 10.1 Å². The molecule has 6 heteroatoms. The summed E-state index contributed by atoms with van der Waals surface area (Å²) in [6.07, 6.45) is 2.96. The number of non-ortho nitro benzene ring substituents is 1. The third kappa shape index (κ3) is 3.36. The molecule has 1 atom stereocenters. The number of aliphatic hydroxyl groups excluding tert-OH is 1. The summed E-state index contributed by atoms with van der Waals surface area (Å²) in [6.45, 7) is 1.95. The van der Waals surface area contributed by atoms with Crippen molar-refractivity contribution in [1.29, 1.82) is 0 Å². The quantitative estimate of drug-likeness (QED) is 0.682. The molecule has 0 saturated carbocycles. The lowest BCUT2D eigenvalue weighted by Gasteiger charge is -2.34. The van der Waals surface area contributed by atoms with Gasteiger partial charge in [-0.1, -0.05) is 11.6 Å². The Bertz CT molecular complexity index is 465. The van der Waals surface area contributed by atoms with E-state index in [1.54, 1.807) is 6.07 Å². The third-order valence-electron chi connectivity index (χ3n) is 3.54. The molecular weight excluding hydrogens is 268 g/mol. The number of aliphatic hydroxyl groups is 1. The Morgan fingerprint density at radius 1 is 1.53 bits per heavy atom. The lowest BCUT2D eigenvalue weighted by atomic mass is 9.95. The number of piperidine rings is 1. The van der Waals surface area contributed by atoms with Crippen LogP contribution in [0.1, 0.15) is 19.3 Å². The standard InChI is InChI=1S/C13H17ClN2O3/c14-12-8-11(16(18)19)3-4-13(12)15-6-1-2-10(9-15)5-7-17/h3-4,8,10,17H,1-2,5-7,9H2. The Kier molecular flexibility index (Phi) is 4.61. The summed E-state index contributed by atoms with van der Waals surface area (Å²) in [5.41, 5.74) is 0.854. The van der Waals surface area contributed by atoms with Crippen LogP contribution in [0.3, 0.4) is 0 Å². The summed E-state index contributed by atoms with van der Waals surface area (Å²) in [7, 11) is 0. The molecule has 1 aliphatic heterocycles. The van der Waals surface area contributed by atoms with Gasteiger partial charge < -0.3 is 10.0 Å². The zero-order chi connectivity index (χ0) is 13.8. The van der Waals surface area contributed by atoms with E-state index in [-0.39, 0.29) is 12.3 Å². The van der Waals surface area contributed by atoms with Crippen LogP contribution in [0.4, 0.5) is 11.4 Å². The average molecular weight is 285 g/mol. The molecule has 1 saturated heterocycles. The second-order valence-corrected chi connectivity index (χ2v) is 5.27. The van der Waals surface area contributed by atoms with Crippen molar-refractivity contribution in [1.82, 2.24) is 0 Å². The molecule has 0 aliphatic carbocycles. The van der Waals surface area contributed by atoms with E-state index in [1.807, 2.05) is 0 Å². The number of hydrogen-bond donors (Lipinski definition) is 1. The maximum Gasteiger partial charge on any atom is 0.271 e. The number of nitro benzene ring substituents is 1. The molecule has 1 aliphatic rings. The SMILES string of the molecule is O=[N+]([O-])c1ccc(N2CCCC(CCO)C2)c(Cl)c1. The summed E-state index contributed by atoms with van der Waals surface area (Å²) in [5.74, 6) is 0.463. The highest BCUT2D eigenvalue weighted by Gasteiger charge is 2.22. The average Bonchev–Trinajstić information content (AvgIpc) is 2.39. The van der Waals surface area contributed by atoms with Crippen LogP contribution in [0.2, 0.25) is 5.02 Å². The van der Waals surface area contributed by atoms with Crippen LogP contribution in [0.25, 0.3) is 0 Å². The van der Waals surface area contributed by atoms with Gasteiger partial charge in [-0.3, -0.25) is 10.1 Å². The maximum absolute atomic E-state index is 10.7. The van der Waals surface area contributed by atoms with Crippen molar-refractivity contribution in [3.8, 4) is 0 Å². The highest BCUT2D eigenvalue weighted by molar-refractivity contribution is 6.33. The van der Waals surface area contributed by atoms with E-state index in [0.29, 0.717) is 10.9 Å². The van der Waals surface area contributed by atoms with Gasteiger partial charge in [-0.05, 0) is 31.2 Å². The van der Waals surface area contributed by atoms with Gasteiger partial charge in [0, 0.05) is 31.8 Å². The molecule has 2 rings (SSSR count). The molecule has 1 aromatic carbocycles. The molecule has 1 aromatic rings. The Balaban J connectivity index is 2.15. The normalized spacial score (nSPS) is 19.5. The summed E-state index contributed by atoms with van der Waals surface area (Å²) >= 11 is 6.14. The molecule has 104 valence electrons. The van der Waals surface area contributed by atoms with Crippen molar-refractivity contribution in [2.24, 2.45) is 5.92 Å². The number of rotatable bonds is 4. The molecule has 0 aromatic heterocycles. The zero-order valence-corrected chi connectivity index (χ0v) is 11.3. The number of nitro groups is 1. The molecular formula is C13H17ClN2O3. The van der Waals surface area contributed by atoms with Gasteiger partial charge in [-0.2, -0.15) is 0 Å². The van der Waals surface area contributed by atoms with E-state index in [2.05, 4.69) is 4.90 Å². The van der Waals surface area contributed by atoms with Gasteiger partial charge in [0.15, 0.2) is 0 Å². The molecule has 1 unspecified atom stereocenters. The molecule has 1 heterocycles. The predicted molar refractivity (Wildman–Crippen MR) is 74.7 cm³/mol. The highest BCUT2D eigenvalue weighted by atomic mass is 35.5. The van der Waals surface area contributed by atoms with Gasteiger partial charge >= 0.3 is 0 Å². The minimum absolute atomic E-state index is 0.0117. The summed E-state index contributed by atoms with van der Waals surface area (Å²) in [4.78, 5) is 12.4. The van der Waals surface area contributed by atoms with E-state index in [1.165, 1.54) is 12.1 Å². The maximum atomic E-state index is 10.7. The van der Waals surface area contributed by atoms with Crippen molar-refractivity contribution in [2.45, 2.75) is 19.3 Å². The number of anilines is 1. The van der Waals surface area contributed by atoms with Crippen molar-refractivity contribution >= 4 is 23.0 Å². The lowest BCUT2D eigenvalue weighted by molar-refractivity contribution is -0.384. The Hall–Kier alpha value is -1.33. The number of benzene rings is 1. The van der Waals surface area contributed by atoms with E-state index < -0.39 is 4.92 Å². The lowest BCUT2D eigenvalue weighted by Crippen LogP contribution is -2.35. The fourth-order valence-corrected chi connectivity index (χ4v) is 2.86. The molecule has 1 N–H and O–H groups in total. The first-order chi connectivity index (χ1) is 9.11. The molecule has 0 amide bonds. The molecule has 0 spiro atoms. The van der Waals surface area contributed by atoms with Crippen LogP contribution in [0.15, 0.2) is 18.2 Å². The Labute approximate surface area is 116 Å². The zero-order valence-electron chi connectivity index (χ0n) is 10.6. The van der Waals surface area contributed by atoms with E-state index in [4.69, 9.17) is 16.7 Å². The smallest absolute Gasteiger partial charge is 0.271 e. The minimum atomic E-state index is -0.444. The van der Waals surface area contributed by atoms with Crippen molar-refractivity contribution in [3.63, 3.8) is 0 Å². The van der Waals surface area contributed by atoms with Gasteiger partial charge in [0.2, 0.25) is 0 Å². The fourth-order valence-electron chi connectivity index (χ4n) is 2.57. The minimum Gasteiger partial charge on any atom is -0.396 e. The second kappa shape index (κ2) is 6.21. The van der Waals surface area contributed by atoms with Crippen LogP contribution in [-0.2, 0) is 0 Å². The van der Waals surface area contributed by atoms with Crippen LogP contribution in [0.5, 0.6) is 0 Å². The summed E-state index contributed by atoms with van der Waals surface area (Å²) in [6, 6.07) is 4.59. The van der Waals surface area contributed by atoms with E-state index >= 15 is 0 Å². The molecule has 1 fully saturated rings. The van der Waals surface area contributed by atoms with Crippen LogP contribution in [0, 0.1) is 16.0 Å². The number of halogens is 1. The monoisotopic (exact) mass is 284 g/mol. The van der Waals surface area contributed by atoms with Crippen molar-refractivity contribution in [3.05, 3.63) is 33.3 Å². The van der Waals surface area contributed by atoms with Crippen molar-refractivity contribution in [2.75, 3.05) is 24.6 Å². The topological polar surface area (TPSA) is 66.6 Å². The largest absolute Gasteiger partial charge is 0.396 e. The van der Waals surface area contributed by atoms with Crippen LogP contribution >= 0.6 is 11.6 Å². The fraction of sp³-hybridized carbons (Fsp3) is 0.538. The second-order valence-electron chi connectivity index (χ2n) is 4.86. The van der Waals surface area contributed by atoms with E-state index in [0.717, 1.165) is 38.0 Å². The van der Waals surface area contributed by atoms with Gasteiger partial charge in [0.25, 0.3) is 5.69 Å². The van der Waals surface area contributed by atoms with Crippen LogP contribution < -0.4 is 4.90 Å². The highest BCUT2D eigenvalue weighted by Crippen LogP contribution is 2.33.